The van der Waals surface area contributed by atoms with E-state index in [4.69, 9.17) is 21.1 Å². The molecule has 0 atom stereocenters. The molecule has 1 aromatic heterocycles. The van der Waals surface area contributed by atoms with Crippen molar-refractivity contribution in [3.8, 4) is 11.5 Å². The predicted octanol–water partition coefficient (Wildman–Crippen LogP) is 3.37. The Morgan fingerprint density at radius 3 is 2.57 bits per heavy atom. The van der Waals surface area contributed by atoms with Gasteiger partial charge in [0.05, 0.1) is 13.2 Å². The minimum atomic E-state index is -0.134. The fraction of sp³-hybridized carbons (Fsp3) is 0.312. The van der Waals surface area contributed by atoms with Gasteiger partial charge in [0.2, 0.25) is 0 Å². The van der Waals surface area contributed by atoms with E-state index in [9.17, 15) is 4.79 Å². The van der Waals surface area contributed by atoms with E-state index in [1.54, 1.807) is 47.2 Å². The summed E-state index contributed by atoms with van der Waals surface area (Å²) in [5.74, 6) is 1.11. The van der Waals surface area contributed by atoms with Crippen molar-refractivity contribution in [3.63, 3.8) is 0 Å². The molecule has 0 bridgehead atoms. The van der Waals surface area contributed by atoms with Crippen LogP contribution in [0.5, 0.6) is 11.5 Å². The van der Waals surface area contributed by atoms with Crippen molar-refractivity contribution in [1.82, 2.24) is 4.57 Å². The number of hydrogen-bond acceptors (Lipinski definition) is 3. The second-order valence-electron chi connectivity index (χ2n) is 4.52. The Morgan fingerprint density at radius 1 is 1.10 bits per heavy atom. The Hall–Kier alpha value is -1.94. The summed E-state index contributed by atoms with van der Waals surface area (Å²) in [4.78, 5) is 12.1. The van der Waals surface area contributed by atoms with Crippen molar-refractivity contribution in [3.05, 3.63) is 58.0 Å². The van der Waals surface area contributed by atoms with Crippen molar-refractivity contribution in [2.45, 2.75) is 19.9 Å². The van der Waals surface area contributed by atoms with Crippen LogP contribution in [0.2, 0.25) is 5.02 Å². The van der Waals surface area contributed by atoms with Crippen LogP contribution in [-0.4, -0.2) is 17.8 Å². The third kappa shape index (κ3) is 4.53. The molecule has 0 radical (unpaired) electrons. The second kappa shape index (κ2) is 7.74. The zero-order valence-electron chi connectivity index (χ0n) is 11.9. The standard InChI is InChI=1S/C16H18ClNO3/c1-2-11-21-15-4-3-9-18(16(15)19)10-12-20-14-7-5-13(17)6-8-14/h3-9H,2,10-12H2,1H3. The number of ether oxygens (including phenoxy) is 2. The van der Waals surface area contributed by atoms with Crippen LogP contribution in [-0.2, 0) is 6.54 Å². The number of hydrogen-bond donors (Lipinski definition) is 0. The molecule has 0 spiro atoms. The molecule has 0 aliphatic heterocycles. The zero-order valence-corrected chi connectivity index (χ0v) is 12.7. The van der Waals surface area contributed by atoms with Crippen LogP contribution < -0.4 is 15.0 Å². The van der Waals surface area contributed by atoms with Crippen LogP contribution in [0.25, 0.3) is 0 Å². The molecule has 1 heterocycles. The van der Waals surface area contributed by atoms with Crippen molar-refractivity contribution in [1.29, 1.82) is 0 Å². The lowest BCUT2D eigenvalue weighted by Gasteiger charge is -2.10. The van der Waals surface area contributed by atoms with Crippen molar-refractivity contribution in [2.75, 3.05) is 13.2 Å². The highest BCUT2D eigenvalue weighted by Crippen LogP contribution is 2.15. The summed E-state index contributed by atoms with van der Waals surface area (Å²) in [6.07, 6.45) is 2.60. The van der Waals surface area contributed by atoms with E-state index < -0.39 is 0 Å². The van der Waals surface area contributed by atoms with Gasteiger partial charge in [-0.05, 0) is 42.8 Å². The number of rotatable bonds is 7. The summed E-state index contributed by atoms with van der Waals surface area (Å²) >= 11 is 5.81. The fourth-order valence-electron chi connectivity index (χ4n) is 1.81. The van der Waals surface area contributed by atoms with Gasteiger partial charge >= 0.3 is 0 Å². The molecule has 21 heavy (non-hydrogen) atoms. The highest BCUT2D eigenvalue weighted by atomic mass is 35.5. The van der Waals surface area contributed by atoms with Crippen LogP contribution >= 0.6 is 11.6 Å². The van der Waals surface area contributed by atoms with Crippen molar-refractivity contribution in [2.24, 2.45) is 0 Å². The molecule has 4 nitrogen and oxygen atoms in total. The van der Waals surface area contributed by atoms with Crippen LogP contribution in [0.3, 0.4) is 0 Å². The van der Waals surface area contributed by atoms with Gasteiger partial charge in [0, 0.05) is 11.2 Å². The van der Waals surface area contributed by atoms with Crippen molar-refractivity contribution >= 4 is 11.6 Å². The van der Waals surface area contributed by atoms with Gasteiger partial charge in [-0.15, -0.1) is 0 Å². The van der Waals surface area contributed by atoms with E-state index in [2.05, 4.69) is 0 Å². The number of benzene rings is 1. The first-order chi connectivity index (χ1) is 10.2. The van der Waals surface area contributed by atoms with Crippen molar-refractivity contribution < 1.29 is 9.47 Å². The van der Waals surface area contributed by atoms with Crippen LogP contribution in [0.4, 0.5) is 0 Å². The summed E-state index contributed by atoms with van der Waals surface area (Å²) in [7, 11) is 0. The second-order valence-corrected chi connectivity index (χ2v) is 4.96. The maximum atomic E-state index is 12.1. The smallest absolute Gasteiger partial charge is 0.292 e. The number of nitrogens with zero attached hydrogens (tertiary/aromatic N) is 1. The average molecular weight is 308 g/mol. The summed E-state index contributed by atoms with van der Waals surface area (Å²) in [5.41, 5.74) is -0.134. The molecule has 0 saturated heterocycles. The summed E-state index contributed by atoms with van der Waals surface area (Å²) < 4.78 is 12.6. The monoisotopic (exact) mass is 307 g/mol. The fourth-order valence-corrected chi connectivity index (χ4v) is 1.93. The minimum Gasteiger partial charge on any atom is -0.492 e. The van der Waals surface area contributed by atoms with Crippen LogP contribution in [0.15, 0.2) is 47.4 Å². The Morgan fingerprint density at radius 2 is 1.86 bits per heavy atom. The Bertz CT molecular complexity index is 622. The molecule has 0 fully saturated rings. The lowest BCUT2D eigenvalue weighted by atomic mass is 10.3. The lowest BCUT2D eigenvalue weighted by Crippen LogP contribution is -2.24. The predicted molar refractivity (Wildman–Crippen MR) is 83.4 cm³/mol. The quantitative estimate of drug-likeness (QED) is 0.787. The summed E-state index contributed by atoms with van der Waals surface area (Å²) in [6.45, 7) is 3.41. The molecule has 0 aliphatic carbocycles. The first-order valence-electron chi connectivity index (χ1n) is 6.91. The van der Waals surface area contributed by atoms with Gasteiger partial charge in [0.15, 0.2) is 5.75 Å². The average Bonchev–Trinajstić information content (AvgIpc) is 2.50. The van der Waals surface area contributed by atoms with Gasteiger partial charge in [0.1, 0.15) is 12.4 Å². The highest BCUT2D eigenvalue weighted by Gasteiger charge is 2.04. The highest BCUT2D eigenvalue weighted by molar-refractivity contribution is 6.30. The molecule has 0 aliphatic rings. The Kier molecular flexibility index (Phi) is 5.69. The lowest BCUT2D eigenvalue weighted by molar-refractivity contribution is 0.288. The van der Waals surface area contributed by atoms with Crippen LogP contribution in [0, 0.1) is 0 Å². The largest absolute Gasteiger partial charge is 0.492 e. The van der Waals surface area contributed by atoms with E-state index >= 15 is 0 Å². The van der Waals surface area contributed by atoms with Gasteiger partial charge in [-0.3, -0.25) is 4.79 Å². The summed E-state index contributed by atoms with van der Waals surface area (Å²) in [6, 6.07) is 10.6. The number of aromatic nitrogens is 1. The van der Waals surface area contributed by atoms with E-state index in [0.29, 0.717) is 30.5 Å². The van der Waals surface area contributed by atoms with Gasteiger partial charge in [0.25, 0.3) is 5.56 Å². The van der Waals surface area contributed by atoms with Gasteiger partial charge in [-0.1, -0.05) is 18.5 Å². The molecular formula is C16H18ClNO3. The molecule has 0 amide bonds. The maximum absolute atomic E-state index is 12.1. The number of pyridine rings is 1. The van der Waals surface area contributed by atoms with Gasteiger partial charge < -0.3 is 14.0 Å². The molecule has 2 rings (SSSR count). The Labute approximate surface area is 128 Å². The van der Waals surface area contributed by atoms with E-state index in [0.717, 1.165) is 12.2 Å². The molecular weight excluding hydrogens is 290 g/mol. The number of halogens is 1. The molecule has 112 valence electrons. The normalized spacial score (nSPS) is 10.4. The maximum Gasteiger partial charge on any atom is 0.292 e. The Balaban J connectivity index is 1.94. The molecule has 0 N–H and O–H groups in total. The zero-order chi connectivity index (χ0) is 15.1. The van der Waals surface area contributed by atoms with E-state index in [-0.39, 0.29) is 5.56 Å². The minimum absolute atomic E-state index is 0.134. The molecule has 5 heteroatoms. The third-order valence-corrected chi connectivity index (χ3v) is 3.11. The molecule has 1 aromatic carbocycles. The SMILES string of the molecule is CCCOc1cccn(CCOc2ccc(Cl)cc2)c1=O. The van der Waals surface area contributed by atoms with E-state index in [1.807, 2.05) is 6.92 Å². The molecule has 0 saturated carbocycles. The third-order valence-electron chi connectivity index (χ3n) is 2.86. The van der Waals surface area contributed by atoms with Gasteiger partial charge in [-0.2, -0.15) is 0 Å². The van der Waals surface area contributed by atoms with Gasteiger partial charge in [-0.25, -0.2) is 0 Å². The first kappa shape index (κ1) is 15.4. The molecule has 2 aromatic rings. The van der Waals surface area contributed by atoms with Crippen LogP contribution in [0.1, 0.15) is 13.3 Å². The first-order valence-corrected chi connectivity index (χ1v) is 7.29. The van der Waals surface area contributed by atoms with E-state index in [1.165, 1.54) is 0 Å². The summed E-state index contributed by atoms with van der Waals surface area (Å²) in [5, 5.41) is 0.666. The topological polar surface area (TPSA) is 40.5 Å². The molecule has 0 unspecified atom stereocenters.